The fourth-order valence-corrected chi connectivity index (χ4v) is 3.41. The maximum Gasteiger partial charge on any atom is 0.265 e. The number of anilines is 2. The molecule has 0 aromatic heterocycles. The number of para-hydroxylation sites is 1. The van der Waals surface area contributed by atoms with Gasteiger partial charge >= 0.3 is 0 Å². The molecular weight excluding hydrogens is 470 g/mol. The monoisotopic (exact) mass is 493 g/mol. The molecule has 6 N–H and O–H groups in total. The number of nitrogens with one attached hydrogen (secondary N) is 4. The maximum absolute atomic E-state index is 13.1. The SMILES string of the molecule is C=CCOc1ccc(C(Nc2ccc(C(=N)N)cc2)C(=O)NNc2ccccc2)cc1Br. The average Bonchev–Trinajstić information content (AvgIpc) is 2.81. The third kappa shape index (κ3) is 6.12. The Hall–Kier alpha value is -3.78. The van der Waals surface area contributed by atoms with Crippen LogP contribution >= 0.6 is 15.9 Å². The second-order valence-electron chi connectivity index (χ2n) is 6.84. The van der Waals surface area contributed by atoms with Gasteiger partial charge in [-0.1, -0.05) is 36.9 Å². The summed E-state index contributed by atoms with van der Waals surface area (Å²) in [6.45, 7) is 4.03. The molecule has 1 amide bonds. The van der Waals surface area contributed by atoms with Crippen molar-refractivity contribution in [2.75, 3.05) is 17.3 Å². The lowest BCUT2D eigenvalue weighted by Gasteiger charge is -2.21. The number of hydrogen-bond acceptors (Lipinski definition) is 5. The topological polar surface area (TPSA) is 112 Å². The predicted octanol–water partition coefficient (Wildman–Crippen LogP) is 4.59. The Bertz CT molecular complexity index is 1090. The number of rotatable bonds is 10. The summed E-state index contributed by atoms with van der Waals surface area (Å²) < 4.78 is 6.33. The van der Waals surface area contributed by atoms with Crippen molar-refractivity contribution in [3.8, 4) is 5.75 Å². The second kappa shape index (κ2) is 11.0. The van der Waals surface area contributed by atoms with Crippen LogP contribution in [-0.2, 0) is 4.79 Å². The average molecular weight is 494 g/mol. The van der Waals surface area contributed by atoms with Crippen LogP contribution in [0.2, 0.25) is 0 Å². The molecule has 3 rings (SSSR count). The van der Waals surface area contributed by atoms with Crippen molar-refractivity contribution >= 4 is 39.0 Å². The number of halogens is 1. The molecule has 32 heavy (non-hydrogen) atoms. The molecule has 0 aliphatic carbocycles. The normalized spacial score (nSPS) is 11.2. The molecule has 0 bridgehead atoms. The molecule has 0 heterocycles. The van der Waals surface area contributed by atoms with Gasteiger partial charge in [0.25, 0.3) is 5.91 Å². The number of carbonyl (C=O) groups is 1. The Labute approximate surface area is 195 Å². The van der Waals surface area contributed by atoms with Gasteiger partial charge in [-0.25, -0.2) is 0 Å². The third-order valence-electron chi connectivity index (χ3n) is 4.52. The van der Waals surface area contributed by atoms with Crippen LogP contribution in [0.15, 0.2) is 89.9 Å². The van der Waals surface area contributed by atoms with Gasteiger partial charge in [-0.15, -0.1) is 0 Å². The van der Waals surface area contributed by atoms with Gasteiger partial charge in [0.05, 0.1) is 10.2 Å². The van der Waals surface area contributed by atoms with Gasteiger partial charge in [-0.2, -0.15) is 0 Å². The first kappa shape index (κ1) is 22.9. The van der Waals surface area contributed by atoms with Crippen LogP contribution in [-0.4, -0.2) is 18.3 Å². The largest absolute Gasteiger partial charge is 0.488 e. The predicted molar refractivity (Wildman–Crippen MR) is 132 cm³/mol. The number of hydrazine groups is 1. The number of nitrogens with two attached hydrogens (primary N) is 1. The lowest BCUT2D eigenvalue weighted by molar-refractivity contribution is -0.121. The molecule has 3 aromatic rings. The van der Waals surface area contributed by atoms with Crippen LogP contribution in [0.25, 0.3) is 0 Å². The molecule has 0 aliphatic heterocycles. The third-order valence-corrected chi connectivity index (χ3v) is 5.14. The van der Waals surface area contributed by atoms with E-state index in [4.69, 9.17) is 15.9 Å². The van der Waals surface area contributed by atoms with Crippen LogP contribution < -0.4 is 26.6 Å². The van der Waals surface area contributed by atoms with Crippen LogP contribution in [0.4, 0.5) is 11.4 Å². The van der Waals surface area contributed by atoms with E-state index in [1.807, 2.05) is 42.5 Å². The first-order valence-electron chi connectivity index (χ1n) is 9.83. The fraction of sp³-hybridized carbons (Fsp3) is 0.0833. The number of amidine groups is 1. The minimum Gasteiger partial charge on any atom is -0.488 e. The van der Waals surface area contributed by atoms with Gasteiger partial charge < -0.3 is 15.8 Å². The van der Waals surface area contributed by atoms with Gasteiger partial charge in [0.1, 0.15) is 24.2 Å². The first-order valence-corrected chi connectivity index (χ1v) is 10.6. The fourth-order valence-electron chi connectivity index (χ4n) is 2.90. The van der Waals surface area contributed by atoms with Gasteiger partial charge in [0, 0.05) is 11.3 Å². The number of carbonyl (C=O) groups excluding carboxylic acids is 1. The van der Waals surface area contributed by atoms with Crippen LogP contribution in [0, 0.1) is 5.41 Å². The zero-order valence-electron chi connectivity index (χ0n) is 17.3. The lowest BCUT2D eigenvalue weighted by atomic mass is 10.1. The molecule has 0 saturated carbocycles. The Morgan fingerprint density at radius 3 is 2.44 bits per heavy atom. The van der Waals surface area contributed by atoms with Crippen molar-refractivity contribution in [2.45, 2.75) is 6.04 Å². The Balaban J connectivity index is 1.84. The van der Waals surface area contributed by atoms with Crippen molar-refractivity contribution in [2.24, 2.45) is 5.73 Å². The highest BCUT2D eigenvalue weighted by atomic mass is 79.9. The quantitative estimate of drug-likeness (QED) is 0.123. The molecule has 7 nitrogen and oxygen atoms in total. The van der Waals surface area contributed by atoms with Gasteiger partial charge in [0.2, 0.25) is 0 Å². The second-order valence-corrected chi connectivity index (χ2v) is 7.69. The van der Waals surface area contributed by atoms with Crippen molar-refractivity contribution in [1.82, 2.24) is 5.43 Å². The number of hydrogen-bond donors (Lipinski definition) is 5. The maximum atomic E-state index is 13.1. The Kier molecular flexibility index (Phi) is 7.88. The van der Waals surface area contributed by atoms with Crippen molar-refractivity contribution in [3.05, 3.63) is 101 Å². The van der Waals surface area contributed by atoms with E-state index >= 15 is 0 Å². The molecule has 0 fully saturated rings. The summed E-state index contributed by atoms with van der Waals surface area (Å²) in [5.41, 5.74) is 14.0. The summed E-state index contributed by atoms with van der Waals surface area (Å²) in [6, 6.07) is 21.1. The van der Waals surface area contributed by atoms with Crippen molar-refractivity contribution < 1.29 is 9.53 Å². The molecule has 8 heteroatoms. The van der Waals surface area contributed by atoms with Crippen LogP contribution in [0.5, 0.6) is 5.75 Å². The number of amides is 1. The van der Waals surface area contributed by atoms with E-state index in [1.165, 1.54) is 0 Å². The van der Waals surface area contributed by atoms with E-state index < -0.39 is 6.04 Å². The molecule has 0 radical (unpaired) electrons. The van der Waals surface area contributed by atoms with Crippen molar-refractivity contribution in [1.29, 1.82) is 5.41 Å². The highest BCUT2D eigenvalue weighted by Crippen LogP contribution is 2.30. The van der Waals surface area contributed by atoms with E-state index in [-0.39, 0.29) is 11.7 Å². The van der Waals surface area contributed by atoms with Gasteiger partial charge in [-0.05, 0) is 70.0 Å². The number of ether oxygens (including phenoxy) is 1. The molecule has 3 aromatic carbocycles. The molecule has 1 atom stereocenters. The van der Waals surface area contributed by atoms with E-state index in [1.54, 1.807) is 36.4 Å². The Morgan fingerprint density at radius 1 is 1.09 bits per heavy atom. The summed E-state index contributed by atoms with van der Waals surface area (Å²) in [5, 5.41) is 10.8. The first-order chi connectivity index (χ1) is 15.5. The minimum absolute atomic E-state index is 0.0167. The Morgan fingerprint density at radius 2 is 1.81 bits per heavy atom. The zero-order valence-corrected chi connectivity index (χ0v) is 18.9. The van der Waals surface area contributed by atoms with Gasteiger partial charge in [0.15, 0.2) is 0 Å². The van der Waals surface area contributed by atoms with E-state index in [2.05, 4.69) is 38.7 Å². The minimum atomic E-state index is -0.709. The zero-order chi connectivity index (χ0) is 22.9. The van der Waals surface area contributed by atoms with Crippen LogP contribution in [0.3, 0.4) is 0 Å². The van der Waals surface area contributed by atoms with Crippen LogP contribution in [0.1, 0.15) is 17.2 Å². The molecule has 0 saturated heterocycles. The van der Waals surface area contributed by atoms with E-state index in [9.17, 15) is 4.79 Å². The molecule has 0 aliphatic rings. The smallest absolute Gasteiger partial charge is 0.265 e. The molecule has 164 valence electrons. The molecule has 1 unspecified atom stereocenters. The summed E-state index contributed by atoms with van der Waals surface area (Å²) >= 11 is 3.51. The standard InChI is InChI=1S/C24H24BrN5O2/c1-2-14-32-21-13-10-17(15-20(21)25)22(24(31)30-29-19-6-4-3-5-7-19)28-18-11-8-16(9-12-18)23(26)27/h2-13,15,22,28-29H,1,14H2,(H3,26,27)(H,30,31). The lowest BCUT2D eigenvalue weighted by Crippen LogP contribution is -2.37. The summed E-state index contributed by atoms with van der Waals surface area (Å²) in [5.74, 6) is 0.356. The van der Waals surface area contributed by atoms with Crippen molar-refractivity contribution in [3.63, 3.8) is 0 Å². The molecular formula is C24H24BrN5O2. The number of nitrogen functional groups attached to an aromatic ring is 1. The number of benzene rings is 3. The van der Waals surface area contributed by atoms with E-state index in [0.29, 0.717) is 23.6 Å². The highest BCUT2D eigenvalue weighted by molar-refractivity contribution is 9.10. The summed E-state index contributed by atoms with van der Waals surface area (Å²) in [6.07, 6.45) is 1.66. The summed E-state index contributed by atoms with van der Waals surface area (Å²) in [4.78, 5) is 13.1. The van der Waals surface area contributed by atoms with Gasteiger partial charge in [-0.3, -0.25) is 21.1 Å². The van der Waals surface area contributed by atoms with E-state index in [0.717, 1.165) is 15.7 Å². The summed E-state index contributed by atoms with van der Waals surface area (Å²) in [7, 11) is 0. The molecule has 0 spiro atoms. The highest BCUT2D eigenvalue weighted by Gasteiger charge is 2.22.